The molecule has 6 rings (SSSR count). The number of amides is 2. The first-order valence-electron chi connectivity index (χ1n) is 13.7. The molecular weight excluding hydrogens is 464 g/mol. The first kappa shape index (κ1) is 24.6. The van der Waals surface area contributed by atoms with Crippen LogP contribution in [0.5, 0.6) is 0 Å². The zero-order valence-electron chi connectivity index (χ0n) is 21.9. The Bertz CT molecular complexity index is 1210. The number of β-amino-alcohol motifs (C(OH)–C–C–N with tert-alkyl or cyclic N) is 1. The Morgan fingerprint density at radius 2 is 1.84 bits per heavy atom. The van der Waals surface area contributed by atoms with E-state index in [1.54, 1.807) is 4.90 Å². The van der Waals surface area contributed by atoms with Crippen molar-refractivity contribution in [1.29, 1.82) is 0 Å². The number of nitrogens with zero attached hydrogens (tertiary/aromatic N) is 2. The van der Waals surface area contributed by atoms with Gasteiger partial charge >= 0.3 is 0 Å². The lowest BCUT2D eigenvalue weighted by Gasteiger charge is -2.48. The maximum Gasteiger partial charge on any atom is 0.254 e. The quantitative estimate of drug-likeness (QED) is 0.598. The molecule has 0 unspecified atom stereocenters. The van der Waals surface area contributed by atoms with Crippen molar-refractivity contribution >= 4 is 11.8 Å². The normalized spacial score (nSPS) is 24.7. The summed E-state index contributed by atoms with van der Waals surface area (Å²) in [5.74, 6) is -0.00401. The molecule has 0 bridgehead atoms. The number of likely N-dealkylation sites (tertiary alicyclic amines) is 1. The summed E-state index contributed by atoms with van der Waals surface area (Å²) in [7, 11) is 0. The molecule has 0 aliphatic carbocycles. The van der Waals surface area contributed by atoms with Crippen LogP contribution in [-0.2, 0) is 18.4 Å². The van der Waals surface area contributed by atoms with Crippen LogP contribution < -0.4 is 10.6 Å². The number of carbonyl (C=O) groups excluding carboxylic acids is 2. The van der Waals surface area contributed by atoms with Gasteiger partial charge in [0.25, 0.3) is 11.8 Å². The third-order valence-corrected chi connectivity index (χ3v) is 9.20. The molecule has 37 heavy (non-hydrogen) atoms. The van der Waals surface area contributed by atoms with Gasteiger partial charge in [0.2, 0.25) is 0 Å². The lowest BCUT2D eigenvalue weighted by Crippen LogP contribution is -2.58. The lowest BCUT2D eigenvalue weighted by molar-refractivity contribution is 0.0411. The summed E-state index contributed by atoms with van der Waals surface area (Å²) < 4.78 is 0. The van der Waals surface area contributed by atoms with E-state index in [1.807, 2.05) is 35.2 Å². The fourth-order valence-electron chi connectivity index (χ4n) is 6.68. The van der Waals surface area contributed by atoms with Crippen molar-refractivity contribution in [2.24, 2.45) is 5.41 Å². The van der Waals surface area contributed by atoms with Crippen LogP contribution in [0.25, 0.3) is 0 Å². The summed E-state index contributed by atoms with van der Waals surface area (Å²) in [6.45, 7) is 9.49. The van der Waals surface area contributed by atoms with Gasteiger partial charge in [-0.05, 0) is 59.6 Å². The maximum absolute atomic E-state index is 13.5. The van der Waals surface area contributed by atoms with Gasteiger partial charge in [0.05, 0.1) is 6.10 Å². The van der Waals surface area contributed by atoms with Crippen LogP contribution in [-0.4, -0.2) is 78.1 Å². The van der Waals surface area contributed by atoms with Gasteiger partial charge in [0.1, 0.15) is 0 Å². The fraction of sp³-hybridized carbons (Fsp3) is 0.533. The molecule has 1 spiro atoms. The van der Waals surface area contributed by atoms with Gasteiger partial charge in [-0.1, -0.05) is 38.1 Å². The molecule has 3 N–H and O–H groups in total. The largest absolute Gasteiger partial charge is 0.390 e. The Morgan fingerprint density at radius 3 is 2.54 bits per heavy atom. The maximum atomic E-state index is 13.5. The Kier molecular flexibility index (Phi) is 6.13. The molecule has 0 aromatic heterocycles. The first-order valence-corrected chi connectivity index (χ1v) is 13.7. The predicted octanol–water partition coefficient (Wildman–Crippen LogP) is 2.32. The third kappa shape index (κ3) is 4.47. The summed E-state index contributed by atoms with van der Waals surface area (Å²) >= 11 is 0. The molecule has 0 radical (unpaired) electrons. The van der Waals surface area contributed by atoms with E-state index in [1.165, 1.54) is 11.1 Å². The van der Waals surface area contributed by atoms with Crippen molar-refractivity contribution in [2.75, 3.05) is 39.3 Å². The van der Waals surface area contributed by atoms with Crippen LogP contribution in [0.2, 0.25) is 0 Å². The minimum absolute atomic E-state index is 0.0645. The van der Waals surface area contributed by atoms with Gasteiger partial charge in [-0.3, -0.25) is 9.59 Å². The number of hydrogen-bond acceptors (Lipinski definition) is 5. The van der Waals surface area contributed by atoms with E-state index in [9.17, 15) is 14.7 Å². The zero-order chi connectivity index (χ0) is 25.8. The summed E-state index contributed by atoms with van der Waals surface area (Å²) in [5.41, 5.74) is 4.83. The van der Waals surface area contributed by atoms with E-state index in [0.717, 1.165) is 57.5 Å². The van der Waals surface area contributed by atoms with Crippen LogP contribution in [0.3, 0.4) is 0 Å². The van der Waals surface area contributed by atoms with Gasteiger partial charge in [-0.25, -0.2) is 0 Å². The van der Waals surface area contributed by atoms with Crippen LogP contribution in [0.1, 0.15) is 64.1 Å². The third-order valence-electron chi connectivity index (χ3n) is 9.20. The van der Waals surface area contributed by atoms with E-state index in [4.69, 9.17) is 0 Å². The number of aliphatic hydroxyl groups excluding tert-OH is 1. The Labute approximate surface area is 219 Å². The molecule has 4 aliphatic heterocycles. The minimum atomic E-state index is -0.663. The number of piperidine rings is 1. The van der Waals surface area contributed by atoms with Crippen molar-refractivity contribution in [3.63, 3.8) is 0 Å². The highest BCUT2D eigenvalue weighted by Crippen LogP contribution is 2.37. The highest BCUT2D eigenvalue weighted by molar-refractivity contribution is 6.00. The predicted molar refractivity (Wildman–Crippen MR) is 143 cm³/mol. The molecule has 2 fully saturated rings. The Morgan fingerprint density at radius 1 is 1.11 bits per heavy atom. The smallest absolute Gasteiger partial charge is 0.254 e. The van der Waals surface area contributed by atoms with Crippen LogP contribution >= 0.6 is 0 Å². The van der Waals surface area contributed by atoms with Gasteiger partial charge in [-0.2, -0.15) is 0 Å². The number of nitrogens with one attached hydrogen (secondary N) is 2. The zero-order valence-corrected chi connectivity index (χ0v) is 21.9. The molecular formula is C30H38N4O3. The molecule has 2 aromatic carbocycles. The number of hydrogen-bond donors (Lipinski definition) is 3. The van der Waals surface area contributed by atoms with Crippen LogP contribution in [0, 0.1) is 5.41 Å². The minimum Gasteiger partial charge on any atom is -0.390 e. The topological polar surface area (TPSA) is 84.9 Å². The molecule has 2 saturated heterocycles. The fourth-order valence-corrected chi connectivity index (χ4v) is 6.68. The second kappa shape index (κ2) is 9.22. The Balaban J connectivity index is 1.15. The summed E-state index contributed by atoms with van der Waals surface area (Å²) in [5, 5.41) is 17.9. The molecule has 4 aliphatic rings. The number of aliphatic hydroxyl groups is 1. The summed E-state index contributed by atoms with van der Waals surface area (Å²) in [6, 6.07) is 13.8. The molecule has 7 heteroatoms. The molecule has 0 saturated carbocycles. The van der Waals surface area contributed by atoms with E-state index in [2.05, 4.69) is 36.6 Å². The summed E-state index contributed by atoms with van der Waals surface area (Å²) in [6.07, 6.45) is 2.20. The first-order chi connectivity index (χ1) is 17.7. The lowest BCUT2D eigenvalue weighted by atomic mass is 9.73. The second-order valence-electron chi connectivity index (χ2n) is 12.3. The molecule has 7 nitrogen and oxygen atoms in total. The standard InChI is InChI=1S/C30H38N4O3/c1-29(2)19-34(16-26(35)25-14-20-5-3-4-6-22(20)15-32-25)28(37)23-8-7-21(13-24(23)29)27(36)33-11-9-30(10-12-33)17-31-18-30/h3-8,13,25-26,31-32,35H,9-12,14-19H2,1-2H3/t25-,26+/m0/s1. The van der Waals surface area contributed by atoms with Crippen molar-refractivity contribution < 1.29 is 14.7 Å². The van der Waals surface area contributed by atoms with Crippen LogP contribution in [0.4, 0.5) is 0 Å². The monoisotopic (exact) mass is 502 g/mol. The van der Waals surface area contributed by atoms with Gasteiger partial charge < -0.3 is 25.5 Å². The Hall–Kier alpha value is -2.74. The molecule has 4 heterocycles. The van der Waals surface area contributed by atoms with Crippen molar-refractivity contribution in [3.05, 3.63) is 70.3 Å². The van der Waals surface area contributed by atoms with Crippen molar-refractivity contribution in [1.82, 2.24) is 20.4 Å². The van der Waals surface area contributed by atoms with E-state index >= 15 is 0 Å². The highest BCUT2D eigenvalue weighted by Gasteiger charge is 2.42. The molecule has 2 amide bonds. The number of fused-ring (bicyclic) bond motifs is 2. The molecule has 196 valence electrons. The van der Waals surface area contributed by atoms with Gasteiger partial charge in [0.15, 0.2) is 0 Å². The van der Waals surface area contributed by atoms with E-state index in [-0.39, 0.29) is 29.8 Å². The number of rotatable bonds is 4. The average molecular weight is 503 g/mol. The van der Waals surface area contributed by atoms with Crippen LogP contribution in [0.15, 0.2) is 42.5 Å². The van der Waals surface area contributed by atoms with E-state index in [0.29, 0.717) is 23.1 Å². The van der Waals surface area contributed by atoms with E-state index < -0.39 is 6.10 Å². The van der Waals surface area contributed by atoms with Gasteiger partial charge in [0, 0.05) is 68.4 Å². The SMILES string of the molecule is CC1(C)CN(C[C@@H](O)[C@@H]2Cc3ccccc3CN2)C(=O)c2ccc(C(=O)N3CCC4(CC3)CNC4)cc21. The highest BCUT2D eigenvalue weighted by atomic mass is 16.3. The second-order valence-corrected chi connectivity index (χ2v) is 12.3. The number of carbonyl (C=O) groups is 2. The van der Waals surface area contributed by atoms with Gasteiger partial charge in [-0.15, -0.1) is 0 Å². The van der Waals surface area contributed by atoms with Crippen molar-refractivity contribution in [2.45, 2.75) is 57.2 Å². The summed E-state index contributed by atoms with van der Waals surface area (Å²) in [4.78, 5) is 30.6. The van der Waals surface area contributed by atoms with Crippen molar-refractivity contribution in [3.8, 4) is 0 Å². The molecule has 2 aromatic rings. The number of benzene rings is 2. The molecule has 2 atom stereocenters. The average Bonchev–Trinajstić information content (AvgIpc) is 2.89.